The Kier molecular flexibility index (Phi) is 3.97. The van der Waals surface area contributed by atoms with Crippen LogP contribution in [-0.4, -0.2) is 39.1 Å². The summed E-state index contributed by atoms with van der Waals surface area (Å²) in [4.78, 5) is 7.93. The minimum Gasteiger partial charge on any atom is -0.362 e. The van der Waals surface area contributed by atoms with Crippen molar-refractivity contribution in [3.8, 4) is 0 Å². The van der Waals surface area contributed by atoms with Crippen molar-refractivity contribution >= 4 is 25.1 Å². The average molecular weight is 260 g/mol. The van der Waals surface area contributed by atoms with E-state index in [4.69, 9.17) is 14.5 Å². The number of aromatic nitrogens is 1. The molecule has 0 bridgehead atoms. The van der Waals surface area contributed by atoms with Crippen LogP contribution in [0, 0.1) is 5.41 Å². The normalized spacial score (nSPS) is 20.3. The fraction of sp³-hybridized carbons (Fsp3) is 0.500. The number of hydrogen-bond donors (Lipinski definition) is 1. The Bertz CT molecular complexity index is 513. The second-order valence-electron chi connectivity index (χ2n) is 5.63. The van der Waals surface area contributed by atoms with Gasteiger partial charge in [0.25, 0.3) is 0 Å². The number of hydrogen-bond acceptors (Lipinski definition) is 3. The van der Waals surface area contributed by atoms with Crippen LogP contribution in [0.15, 0.2) is 23.0 Å². The molecule has 4 nitrogen and oxygen atoms in total. The number of allylic oxidation sites excluding steroid dienone is 1. The summed E-state index contributed by atoms with van der Waals surface area (Å²) in [5, 5.41) is 0. The van der Waals surface area contributed by atoms with Crippen molar-refractivity contribution in [2.75, 3.05) is 14.2 Å². The standard InChI is InChI=1S/C14H21BN2O2/c1-14(2)7-11(13(18-3)19-4)17-12(14)6-10-5-9(15)8-16-10/h5-6,8,13,16H,7,15H2,1-4H3/b12-6-. The fourth-order valence-electron chi connectivity index (χ4n) is 2.38. The van der Waals surface area contributed by atoms with Crippen LogP contribution in [0.1, 0.15) is 26.0 Å². The fourth-order valence-corrected chi connectivity index (χ4v) is 2.38. The number of aromatic amines is 1. The molecule has 0 fully saturated rings. The molecule has 2 heterocycles. The number of H-pyrrole nitrogens is 1. The maximum atomic E-state index is 5.29. The summed E-state index contributed by atoms with van der Waals surface area (Å²) in [6, 6.07) is 2.11. The lowest BCUT2D eigenvalue weighted by Gasteiger charge is -2.19. The van der Waals surface area contributed by atoms with E-state index in [1.165, 1.54) is 5.46 Å². The molecule has 19 heavy (non-hydrogen) atoms. The molecule has 1 aliphatic heterocycles. The van der Waals surface area contributed by atoms with E-state index < -0.39 is 0 Å². The van der Waals surface area contributed by atoms with Gasteiger partial charge in [-0.25, -0.2) is 0 Å². The van der Waals surface area contributed by atoms with Crippen LogP contribution in [0.25, 0.3) is 6.08 Å². The molecule has 0 amide bonds. The summed E-state index contributed by atoms with van der Waals surface area (Å²) >= 11 is 0. The van der Waals surface area contributed by atoms with Crippen LogP contribution < -0.4 is 5.46 Å². The predicted octanol–water partition coefficient (Wildman–Crippen LogP) is 1.10. The first-order chi connectivity index (χ1) is 8.96. The molecule has 0 saturated carbocycles. The lowest BCUT2D eigenvalue weighted by atomic mass is 9.86. The average Bonchev–Trinajstić information content (AvgIpc) is 2.86. The molecule has 1 aromatic heterocycles. The van der Waals surface area contributed by atoms with E-state index in [0.717, 1.165) is 23.5 Å². The zero-order chi connectivity index (χ0) is 14.0. The largest absolute Gasteiger partial charge is 0.362 e. The highest BCUT2D eigenvalue weighted by Crippen LogP contribution is 2.39. The van der Waals surface area contributed by atoms with Crippen molar-refractivity contribution in [1.82, 2.24) is 4.98 Å². The minimum atomic E-state index is -0.351. The number of aliphatic imine (C=N–C) groups is 1. The summed E-state index contributed by atoms with van der Waals surface area (Å²) in [6.45, 7) is 4.38. The van der Waals surface area contributed by atoms with Crippen LogP contribution in [-0.2, 0) is 9.47 Å². The number of nitrogens with one attached hydrogen (secondary N) is 1. The number of ether oxygens (including phenoxy) is 2. The van der Waals surface area contributed by atoms with Crippen molar-refractivity contribution in [3.05, 3.63) is 23.7 Å². The van der Waals surface area contributed by atoms with Crippen LogP contribution in [0.4, 0.5) is 0 Å². The molecule has 0 unspecified atom stereocenters. The smallest absolute Gasteiger partial charge is 0.196 e. The molecular formula is C14H21BN2O2. The Morgan fingerprint density at radius 1 is 1.42 bits per heavy atom. The van der Waals surface area contributed by atoms with Gasteiger partial charge in [-0.15, -0.1) is 0 Å². The summed E-state index contributed by atoms with van der Waals surface area (Å²) in [5.74, 6) is 0. The molecule has 5 heteroatoms. The van der Waals surface area contributed by atoms with Gasteiger partial charge in [-0.05, 0) is 18.3 Å². The van der Waals surface area contributed by atoms with Gasteiger partial charge in [-0.2, -0.15) is 0 Å². The number of rotatable bonds is 4. The van der Waals surface area contributed by atoms with Gasteiger partial charge in [-0.3, -0.25) is 4.99 Å². The van der Waals surface area contributed by atoms with Gasteiger partial charge in [0.2, 0.25) is 0 Å². The number of methoxy groups -OCH3 is 2. The van der Waals surface area contributed by atoms with Crippen molar-refractivity contribution in [1.29, 1.82) is 0 Å². The number of nitrogens with zero attached hydrogens (tertiary/aromatic N) is 1. The third-order valence-electron chi connectivity index (χ3n) is 3.42. The molecule has 1 N–H and O–H groups in total. The van der Waals surface area contributed by atoms with E-state index in [1.807, 2.05) is 6.20 Å². The molecule has 0 aromatic carbocycles. The maximum Gasteiger partial charge on any atom is 0.196 e. The maximum absolute atomic E-state index is 5.29. The third-order valence-corrected chi connectivity index (χ3v) is 3.42. The molecule has 102 valence electrons. The Morgan fingerprint density at radius 3 is 2.63 bits per heavy atom. The molecule has 0 radical (unpaired) electrons. The Balaban J connectivity index is 2.30. The Hall–Kier alpha value is -1.33. The Labute approximate surface area is 115 Å². The zero-order valence-electron chi connectivity index (χ0n) is 12.3. The molecule has 0 atom stereocenters. The second-order valence-corrected chi connectivity index (χ2v) is 5.63. The van der Waals surface area contributed by atoms with Crippen LogP contribution in [0.3, 0.4) is 0 Å². The van der Waals surface area contributed by atoms with E-state index in [9.17, 15) is 0 Å². The summed E-state index contributed by atoms with van der Waals surface area (Å²) in [6.07, 6.45) is 4.59. The van der Waals surface area contributed by atoms with E-state index in [-0.39, 0.29) is 11.7 Å². The highest BCUT2D eigenvalue weighted by Gasteiger charge is 2.35. The molecule has 2 rings (SSSR count). The van der Waals surface area contributed by atoms with Gasteiger partial charge >= 0.3 is 0 Å². The van der Waals surface area contributed by atoms with Gasteiger partial charge in [0.05, 0.1) is 5.71 Å². The minimum absolute atomic E-state index is 0.00363. The van der Waals surface area contributed by atoms with E-state index in [1.54, 1.807) is 14.2 Å². The Morgan fingerprint density at radius 2 is 2.11 bits per heavy atom. The first-order valence-corrected chi connectivity index (χ1v) is 6.46. The molecule has 0 saturated heterocycles. The monoisotopic (exact) mass is 260 g/mol. The van der Waals surface area contributed by atoms with Crippen LogP contribution in [0.2, 0.25) is 0 Å². The van der Waals surface area contributed by atoms with E-state index in [2.05, 4.69) is 38.8 Å². The summed E-state index contributed by atoms with van der Waals surface area (Å²) < 4.78 is 10.6. The molecule has 0 spiro atoms. The first-order valence-electron chi connectivity index (χ1n) is 6.46. The summed E-state index contributed by atoms with van der Waals surface area (Å²) in [5.41, 5.74) is 4.31. The summed E-state index contributed by atoms with van der Waals surface area (Å²) in [7, 11) is 5.35. The highest BCUT2D eigenvalue weighted by molar-refractivity contribution is 6.32. The van der Waals surface area contributed by atoms with Crippen LogP contribution in [0.5, 0.6) is 0 Å². The molecule has 0 aliphatic carbocycles. The van der Waals surface area contributed by atoms with Gasteiger partial charge < -0.3 is 14.5 Å². The lowest BCUT2D eigenvalue weighted by Crippen LogP contribution is -2.25. The van der Waals surface area contributed by atoms with Crippen molar-refractivity contribution in [2.45, 2.75) is 26.6 Å². The first kappa shape index (κ1) is 14.1. The van der Waals surface area contributed by atoms with Crippen molar-refractivity contribution < 1.29 is 9.47 Å². The molecule has 1 aromatic rings. The zero-order valence-corrected chi connectivity index (χ0v) is 12.3. The lowest BCUT2D eigenvalue weighted by molar-refractivity contribution is -0.0532. The van der Waals surface area contributed by atoms with Gasteiger partial charge in [0.15, 0.2) is 6.29 Å². The predicted molar refractivity (Wildman–Crippen MR) is 80.6 cm³/mol. The van der Waals surface area contributed by atoms with Crippen molar-refractivity contribution in [3.63, 3.8) is 0 Å². The quantitative estimate of drug-likeness (QED) is 0.651. The second kappa shape index (κ2) is 5.35. The topological polar surface area (TPSA) is 46.6 Å². The van der Waals surface area contributed by atoms with Crippen molar-refractivity contribution in [2.24, 2.45) is 10.4 Å². The molecule has 1 aliphatic rings. The highest BCUT2D eigenvalue weighted by atomic mass is 16.7. The van der Waals surface area contributed by atoms with Gasteiger partial charge in [-0.1, -0.05) is 19.3 Å². The third kappa shape index (κ3) is 2.99. The molecular weight excluding hydrogens is 239 g/mol. The van der Waals surface area contributed by atoms with E-state index in [0.29, 0.717) is 0 Å². The van der Waals surface area contributed by atoms with E-state index >= 15 is 0 Å². The van der Waals surface area contributed by atoms with Crippen LogP contribution >= 0.6 is 0 Å². The van der Waals surface area contributed by atoms with Gasteiger partial charge in [0.1, 0.15) is 7.85 Å². The van der Waals surface area contributed by atoms with Gasteiger partial charge in [0, 0.05) is 37.4 Å². The SMILES string of the molecule is Bc1c[nH]c(/C=C2\N=C(C(OC)OC)CC2(C)C)c1.